The predicted molar refractivity (Wildman–Crippen MR) is 150 cm³/mol. The number of thioether (sulfide) groups is 1. The van der Waals surface area contributed by atoms with E-state index >= 15 is 0 Å². The van der Waals surface area contributed by atoms with Crippen LogP contribution in [0.5, 0.6) is 5.75 Å². The van der Waals surface area contributed by atoms with Crippen LogP contribution < -0.4 is 9.64 Å². The second-order valence-electron chi connectivity index (χ2n) is 10.5. The third-order valence-corrected chi connectivity index (χ3v) is 10.2. The summed E-state index contributed by atoms with van der Waals surface area (Å²) in [6.07, 6.45) is 5.58. The number of likely N-dealkylation sites (tertiary alicyclic amines) is 1. The van der Waals surface area contributed by atoms with Gasteiger partial charge in [0.15, 0.2) is 0 Å². The van der Waals surface area contributed by atoms with Crippen molar-refractivity contribution in [2.24, 2.45) is 11.8 Å². The molecule has 1 aromatic carbocycles. The highest BCUT2D eigenvalue weighted by Gasteiger charge is 2.77. The number of methoxy groups -OCH3 is 1. The average Bonchev–Trinajstić information content (AvgIpc) is 3.47. The number of hydrogen-bond acceptors (Lipinski definition) is 6. The van der Waals surface area contributed by atoms with Gasteiger partial charge in [-0.2, -0.15) is 0 Å². The molecule has 5 atom stereocenters. The number of fused-ring (bicyclic) bond motifs is 1. The smallest absolute Gasteiger partial charge is 0.251 e. The fourth-order valence-electron chi connectivity index (χ4n) is 6.70. The van der Waals surface area contributed by atoms with Gasteiger partial charge in [0.1, 0.15) is 11.8 Å². The molecular weight excluding hydrogens is 502 g/mol. The van der Waals surface area contributed by atoms with E-state index in [2.05, 4.69) is 20.1 Å². The highest BCUT2D eigenvalue weighted by Crippen LogP contribution is 2.71. The number of benzene rings is 1. The van der Waals surface area contributed by atoms with Gasteiger partial charge in [-0.05, 0) is 50.5 Å². The maximum absolute atomic E-state index is 14.4. The molecular formula is C29H39N3O5S. The van der Waals surface area contributed by atoms with E-state index in [0.717, 1.165) is 12.8 Å². The van der Waals surface area contributed by atoms with Crippen molar-refractivity contribution in [3.63, 3.8) is 0 Å². The molecule has 3 fully saturated rings. The maximum Gasteiger partial charge on any atom is 0.251 e. The molecule has 1 spiro atoms. The lowest BCUT2D eigenvalue weighted by Gasteiger charge is -2.38. The van der Waals surface area contributed by atoms with Crippen LogP contribution in [-0.4, -0.2) is 88.1 Å². The number of aliphatic hydroxyl groups excluding tert-OH is 1. The minimum absolute atomic E-state index is 0.0432. The lowest BCUT2D eigenvalue weighted by molar-refractivity contribution is -0.145. The molecule has 2 unspecified atom stereocenters. The quantitative estimate of drug-likeness (QED) is 0.409. The molecule has 1 aromatic rings. The number of carbonyl (C=O) groups excluding carboxylic acids is 3. The van der Waals surface area contributed by atoms with Crippen LogP contribution in [0.3, 0.4) is 0 Å². The molecule has 206 valence electrons. The van der Waals surface area contributed by atoms with Crippen LogP contribution in [0, 0.1) is 11.8 Å². The van der Waals surface area contributed by atoms with Crippen molar-refractivity contribution in [3.05, 3.63) is 49.6 Å². The molecule has 0 radical (unpaired) electrons. The van der Waals surface area contributed by atoms with Crippen LogP contribution >= 0.6 is 11.8 Å². The number of rotatable bonds is 12. The number of β-amino-alcohol motifs (C(OH)–C–C–N with tert-alkyl or cyclic N) is 1. The fourth-order valence-corrected chi connectivity index (χ4v) is 9.05. The molecule has 9 heteroatoms. The molecule has 38 heavy (non-hydrogen) atoms. The Morgan fingerprint density at radius 2 is 1.87 bits per heavy atom. The van der Waals surface area contributed by atoms with Crippen molar-refractivity contribution >= 4 is 35.2 Å². The van der Waals surface area contributed by atoms with Gasteiger partial charge in [-0.1, -0.05) is 19.1 Å². The zero-order valence-electron chi connectivity index (χ0n) is 22.6. The van der Waals surface area contributed by atoms with Crippen LogP contribution in [0.1, 0.15) is 33.1 Å². The molecule has 0 aromatic heterocycles. The second kappa shape index (κ2) is 11.1. The van der Waals surface area contributed by atoms with Crippen LogP contribution in [0.4, 0.5) is 5.69 Å². The molecule has 8 nitrogen and oxygen atoms in total. The number of nitrogens with zero attached hydrogens (tertiary/aromatic N) is 3. The highest BCUT2D eigenvalue weighted by molar-refractivity contribution is 8.02. The maximum atomic E-state index is 14.4. The monoisotopic (exact) mass is 541 g/mol. The van der Waals surface area contributed by atoms with Crippen LogP contribution in [-0.2, 0) is 14.4 Å². The predicted octanol–water partition coefficient (Wildman–Crippen LogP) is 3.11. The first-order valence-electron chi connectivity index (χ1n) is 13.3. The molecule has 0 saturated carbocycles. The van der Waals surface area contributed by atoms with Crippen LogP contribution in [0.25, 0.3) is 0 Å². The number of ether oxygens (including phenoxy) is 1. The summed E-state index contributed by atoms with van der Waals surface area (Å²) in [5, 5.41) is 9.90. The molecule has 0 aliphatic carbocycles. The molecule has 2 bridgehead atoms. The second-order valence-corrected chi connectivity index (χ2v) is 12.4. The average molecular weight is 542 g/mol. The fraction of sp³-hybridized carbons (Fsp3) is 0.552. The van der Waals surface area contributed by atoms with Gasteiger partial charge in [-0.25, -0.2) is 0 Å². The van der Waals surface area contributed by atoms with Crippen LogP contribution in [0.2, 0.25) is 0 Å². The largest absolute Gasteiger partial charge is 0.497 e. The first kappa shape index (κ1) is 28.2. The van der Waals surface area contributed by atoms with Crippen molar-refractivity contribution in [1.29, 1.82) is 0 Å². The topological polar surface area (TPSA) is 90.4 Å². The Bertz CT molecular complexity index is 1090. The minimum atomic E-state index is -0.794. The summed E-state index contributed by atoms with van der Waals surface area (Å²) in [6.45, 7) is 12.8. The van der Waals surface area contributed by atoms with E-state index in [-0.39, 0.29) is 37.4 Å². The van der Waals surface area contributed by atoms with E-state index in [9.17, 15) is 19.5 Å². The SMILES string of the molecule is C=CCN(CCC)C(=O)[C@H]1[C@H]2C(=O)N(CCO)C(C(=O)N(CC=C)c3ccc(OC)cc3)C23CC[C@]1(C)S3. The minimum Gasteiger partial charge on any atom is -0.497 e. The lowest BCUT2D eigenvalue weighted by atomic mass is 9.66. The van der Waals surface area contributed by atoms with Crippen molar-refractivity contribution in [3.8, 4) is 5.75 Å². The molecule has 3 heterocycles. The summed E-state index contributed by atoms with van der Waals surface area (Å²) in [5.41, 5.74) is 0.670. The van der Waals surface area contributed by atoms with Crippen molar-refractivity contribution in [1.82, 2.24) is 9.80 Å². The standard InChI is InChI=1S/C29H39N3O5S/c1-6-15-30(16-7-2)25(34)22-23-26(35)32(18-19-33)24(29(23)14-13-28(22,4)38-29)27(36)31(17-8-3)20-9-11-21(37-5)12-10-20/h6,8-12,22-24,33H,1,3,7,13-19H2,2,4-5H3/t22-,23+,24?,28+,29?/m1/s1. The molecule has 3 aliphatic heterocycles. The number of anilines is 1. The van der Waals surface area contributed by atoms with E-state index in [4.69, 9.17) is 4.74 Å². The number of amides is 3. The van der Waals surface area contributed by atoms with Crippen LogP contribution in [0.15, 0.2) is 49.6 Å². The first-order valence-corrected chi connectivity index (χ1v) is 14.1. The first-order chi connectivity index (χ1) is 18.2. The summed E-state index contributed by atoms with van der Waals surface area (Å²) in [7, 11) is 1.58. The van der Waals surface area contributed by atoms with E-state index in [1.165, 1.54) is 4.90 Å². The van der Waals surface area contributed by atoms with E-state index in [0.29, 0.717) is 30.9 Å². The normalized spacial score (nSPS) is 29.2. The van der Waals surface area contributed by atoms with E-state index < -0.39 is 27.4 Å². The molecule has 3 saturated heterocycles. The highest BCUT2D eigenvalue weighted by atomic mass is 32.2. The summed E-state index contributed by atoms with van der Waals surface area (Å²) in [4.78, 5) is 47.4. The Morgan fingerprint density at radius 3 is 2.45 bits per heavy atom. The van der Waals surface area contributed by atoms with Crippen molar-refractivity contribution < 1.29 is 24.2 Å². The summed E-state index contributed by atoms with van der Waals surface area (Å²) >= 11 is 1.64. The van der Waals surface area contributed by atoms with E-state index in [1.807, 2.05) is 19.1 Å². The zero-order valence-corrected chi connectivity index (χ0v) is 23.4. The van der Waals surface area contributed by atoms with Gasteiger partial charge in [-0.15, -0.1) is 24.9 Å². The van der Waals surface area contributed by atoms with Gasteiger partial charge < -0.3 is 24.5 Å². The molecule has 3 amide bonds. The van der Waals surface area contributed by atoms with Crippen molar-refractivity contribution in [2.75, 3.05) is 44.8 Å². The Kier molecular flexibility index (Phi) is 8.28. The Balaban J connectivity index is 1.77. The summed E-state index contributed by atoms with van der Waals surface area (Å²) in [5.74, 6) is -0.961. The number of aliphatic hydroxyl groups is 1. The van der Waals surface area contributed by atoms with Gasteiger partial charge in [0.25, 0.3) is 5.91 Å². The lowest BCUT2D eigenvalue weighted by Crippen LogP contribution is -2.55. The Hall–Kier alpha value is -2.78. The van der Waals surface area contributed by atoms with Gasteiger partial charge in [-0.3, -0.25) is 14.4 Å². The molecule has 1 N–H and O–H groups in total. The Labute approximate surface area is 229 Å². The van der Waals surface area contributed by atoms with Gasteiger partial charge in [0.2, 0.25) is 11.8 Å². The van der Waals surface area contributed by atoms with E-state index in [1.54, 1.807) is 53.0 Å². The molecule has 4 rings (SSSR count). The Morgan fingerprint density at radius 1 is 1.18 bits per heavy atom. The summed E-state index contributed by atoms with van der Waals surface area (Å²) in [6, 6.07) is 6.41. The van der Waals surface area contributed by atoms with Gasteiger partial charge >= 0.3 is 0 Å². The van der Waals surface area contributed by atoms with Gasteiger partial charge in [0.05, 0.1) is 30.3 Å². The third kappa shape index (κ3) is 4.43. The van der Waals surface area contributed by atoms with Crippen molar-refractivity contribution in [2.45, 2.75) is 48.6 Å². The van der Waals surface area contributed by atoms with Gasteiger partial charge in [0, 0.05) is 36.6 Å². The number of carbonyl (C=O) groups is 3. The number of hydrogen-bond donors (Lipinski definition) is 1. The zero-order chi connectivity index (χ0) is 27.7. The third-order valence-electron chi connectivity index (χ3n) is 8.23. The molecule has 3 aliphatic rings. The summed E-state index contributed by atoms with van der Waals surface area (Å²) < 4.78 is 4.09.